The van der Waals surface area contributed by atoms with Crippen molar-refractivity contribution in [2.24, 2.45) is 0 Å². The Bertz CT molecular complexity index is 314. The van der Waals surface area contributed by atoms with Gasteiger partial charge >= 0.3 is 7.12 Å². The minimum absolute atomic E-state index is 0.542. The summed E-state index contributed by atoms with van der Waals surface area (Å²) in [6.07, 6.45) is 3.21. The van der Waals surface area contributed by atoms with Gasteiger partial charge in [-0.1, -0.05) is 30.3 Å². The predicted molar refractivity (Wildman–Crippen MR) is 48.9 cm³/mol. The first-order chi connectivity index (χ1) is 5.77. The standard InChI is InChI=1S/C9H9BO2/c11-10(12)9-5-3-8(4-6-9)7-1-2-7/h1,3-6,11-12H,2H2. The second kappa shape index (κ2) is 2.77. The van der Waals surface area contributed by atoms with Crippen molar-refractivity contribution >= 4 is 18.2 Å². The summed E-state index contributed by atoms with van der Waals surface area (Å²) in [4.78, 5) is 0. The Kier molecular flexibility index (Phi) is 1.75. The molecule has 0 saturated heterocycles. The number of allylic oxidation sites excluding steroid dienone is 2. The highest BCUT2D eigenvalue weighted by atomic mass is 16.4. The molecule has 1 aromatic rings. The molecule has 3 heteroatoms. The first kappa shape index (κ1) is 7.59. The lowest BCUT2D eigenvalue weighted by atomic mass is 9.80. The van der Waals surface area contributed by atoms with Crippen molar-refractivity contribution in [2.45, 2.75) is 6.42 Å². The molecular formula is C9H9BO2. The first-order valence-corrected chi connectivity index (χ1v) is 3.93. The Morgan fingerprint density at radius 2 is 1.67 bits per heavy atom. The highest BCUT2D eigenvalue weighted by Gasteiger charge is 2.13. The van der Waals surface area contributed by atoms with E-state index >= 15 is 0 Å². The van der Waals surface area contributed by atoms with E-state index in [2.05, 4.69) is 6.08 Å². The van der Waals surface area contributed by atoms with Gasteiger partial charge in [0, 0.05) is 0 Å². The van der Waals surface area contributed by atoms with Gasteiger partial charge < -0.3 is 10.0 Å². The van der Waals surface area contributed by atoms with Crippen LogP contribution in [-0.4, -0.2) is 17.2 Å². The van der Waals surface area contributed by atoms with E-state index in [1.807, 2.05) is 12.1 Å². The van der Waals surface area contributed by atoms with Crippen molar-refractivity contribution in [2.75, 3.05) is 0 Å². The Morgan fingerprint density at radius 1 is 1.08 bits per heavy atom. The largest absolute Gasteiger partial charge is 0.488 e. The van der Waals surface area contributed by atoms with Crippen LogP contribution < -0.4 is 5.46 Å². The summed E-state index contributed by atoms with van der Waals surface area (Å²) in [5, 5.41) is 17.6. The van der Waals surface area contributed by atoms with E-state index in [1.54, 1.807) is 12.1 Å². The van der Waals surface area contributed by atoms with Crippen LogP contribution in [0.1, 0.15) is 12.0 Å². The lowest BCUT2D eigenvalue weighted by Gasteiger charge is -1.99. The Hall–Kier alpha value is -1.06. The molecule has 1 aromatic carbocycles. The molecule has 0 saturated carbocycles. The molecule has 0 fully saturated rings. The molecule has 2 rings (SSSR count). The van der Waals surface area contributed by atoms with Crippen molar-refractivity contribution in [3.63, 3.8) is 0 Å². The van der Waals surface area contributed by atoms with Crippen molar-refractivity contribution in [1.82, 2.24) is 0 Å². The fourth-order valence-corrected chi connectivity index (χ4v) is 1.16. The maximum atomic E-state index is 8.81. The molecule has 0 unspecified atom stereocenters. The van der Waals surface area contributed by atoms with E-state index in [0.29, 0.717) is 5.46 Å². The average molecular weight is 160 g/mol. The summed E-state index contributed by atoms with van der Waals surface area (Å²) < 4.78 is 0. The third-order valence-corrected chi connectivity index (χ3v) is 1.99. The third kappa shape index (κ3) is 1.42. The molecule has 2 N–H and O–H groups in total. The number of hydrogen-bond acceptors (Lipinski definition) is 2. The van der Waals surface area contributed by atoms with Gasteiger partial charge in [0.25, 0.3) is 0 Å². The van der Waals surface area contributed by atoms with Gasteiger partial charge in [-0.15, -0.1) is 0 Å². The van der Waals surface area contributed by atoms with Crippen molar-refractivity contribution in [3.05, 3.63) is 35.9 Å². The number of rotatable bonds is 2. The van der Waals surface area contributed by atoms with Crippen molar-refractivity contribution < 1.29 is 10.0 Å². The summed E-state index contributed by atoms with van der Waals surface area (Å²) in [6.45, 7) is 0. The van der Waals surface area contributed by atoms with Gasteiger partial charge in [0.05, 0.1) is 0 Å². The fraction of sp³-hybridized carbons (Fsp3) is 0.111. The molecule has 0 bridgehead atoms. The molecule has 12 heavy (non-hydrogen) atoms. The minimum Gasteiger partial charge on any atom is -0.423 e. The molecule has 2 nitrogen and oxygen atoms in total. The third-order valence-electron chi connectivity index (χ3n) is 1.99. The smallest absolute Gasteiger partial charge is 0.423 e. The highest BCUT2D eigenvalue weighted by molar-refractivity contribution is 6.58. The van der Waals surface area contributed by atoms with Crippen LogP contribution in [-0.2, 0) is 0 Å². The molecule has 0 spiro atoms. The predicted octanol–water partition coefficient (Wildman–Crippen LogP) is 0.153. The molecule has 60 valence electrons. The second-order valence-electron chi connectivity index (χ2n) is 2.93. The zero-order valence-electron chi connectivity index (χ0n) is 6.57. The summed E-state index contributed by atoms with van der Waals surface area (Å²) in [5.41, 5.74) is 3.06. The van der Waals surface area contributed by atoms with Crippen LogP contribution in [0.5, 0.6) is 0 Å². The maximum Gasteiger partial charge on any atom is 0.488 e. The van der Waals surface area contributed by atoms with Crippen LogP contribution in [0.4, 0.5) is 0 Å². The van der Waals surface area contributed by atoms with Gasteiger partial charge in [0.1, 0.15) is 0 Å². The summed E-state index contributed by atoms with van der Waals surface area (Å²) in [6, 6.07) is 7.29. The van der Waals surface area contributed by atoms with Gasteiger partial charge in [0.15, 0.2) is 0 Å². The summed E-state index contributed by atoms with van der Waals surface area (Å²) in [7, 11) is -1.35. The lowest BCUT2D eigenvalue weighted by Crippen LogP contribution is -2.29. The van der Waals surface area contributed by atoms with Crippen molar-refractivity contribution in [1.29, 1.82) is 0 Å². The van der Waals surface area contributed by atoms with E-state index in [0.717, 1.165) is 6.42 Å². The van der Waals surface area contributed by atoms with Crippen LogP contribution in [0, 0.1) is 0 Å². The molecular weight excluding hydrogens is 151 g/mol. The normalized spacial score (nSPS) is 14.0. The van der Waals surface area contributed by atoms with E-state index in [4.69, 9.17) is 10.0 Å². The Balaban J connectivity index is 2.24. The number of hydrogen-bond donors (Lipinski definition) is 2. The Morgan fingerprint density at radius 3 is 2.08 bits per heavy atom. The van der Waals surface area contributed by atoms with E-state index in [-0.39, 0.29) is 0 Å². The molecule has 0 aromatic heterocycles. The molecule has 1 aliphatic rings. The van der Waals surface area contributed by atoms with Gasteiger partial charge in [0.2, 0.25) is 0 Å². The van der Waals surface area contributed by atoms with Gasteiger partial charge in [-0.2, -0.15) is 0 Å². The SMILES string of the molecule is OB(O)c1ccc(C2=CC2)cc1. The second-order valence-corrected chi connectivity index (χ2v) is 2.93. The van der Waals surface area contributed by atoms with Gasteiger partial charge in [-0.25, -0.2) is 0 Å². The average Bonchev–Trinajstić information content (AvgIpc) is 2.87. The molecule has 0 amide bonds. The molecule has 0 heterocycles. The lowest BCUT2D eigenvalue weighted by molar-refractivity contribution is 0.426. The molecule has 0 aliphatic heterocycles. The van der Waals surface area contributed by atoms with E-state index in [9.17, 15) is 0 Å². The van der Waals surface area contributed by atoms with Gasteiger partial charge in [-0.05, 0) is 23.0 Å². The zero-order chi connectivity index (χ0) is 8.55. The summed E-state index contributed by atoms with van der Waals surface area (Å²) in [5.74, 6) is 0. The highest BCUT2D eigenvalue weighted by Crippen LogP contribution is 2.29. The van der Waals surface area contributed by atoms with Crippen LogP contribution >= 0.6 is 0 Å². The van der Waals surface area contributed by atoms with Crippen LogP contribution in [0.25, 0.3) is 5.57 Å². The Labute approximate surface area is 71.3 Å². The molecule has 0 radical (unpaired) electrons. The maximum absolute atomic E-state index is 8.81. The zero-order valence-corrected chi connectivity index (χ0v) is 6.57. The molecule has 1 aliphatic carbocycles. The molecule has 0 atom stereocenters. The number of benzene rings is 1. The fourth-order valence-electron chi connectivity index (χ4n) is 1.16. The van der Waals surface area contributed by atoms with Gasteiger partial charge in [-0.3, -0.25) is 0 Å². The van der Waals surface area contributed by atoms with Crippen LogP contribution in [0.3, 0.4) is 0 Å². The van der Waals surface area contributed by atoms with E-state index < -0.39 is 7.12 Å². The van der Waals surface area contributed by atoms with Crippen LogP contribution in [0.15, 0.2) is 30.3 Å². The minimum atomic E-state index is -1.35. The topological polar surface area (TPSA) is 40.5 Å². The van der Waals surface area contributed by atoms with Crippen molar-refractivity contribution in [3.8, 4) is 0 Å². The quantitative estimate of drug-likeness (QED) is 0.604. The van der Waals surface area contributed by atoms with Crippen LogP contribution in [0.2, 0.25) is 0 Å². The summed E-state index contributed by atoms with van der Waals surface area (Å²) >= 11 is 0. The monoisotopic (exact) mass is 160 g/mol. The first-order valence-electron chi connectivity index (χ1n) is 3.93. The van der Waals surface area contributed by atoms with E-state index in [1.165, 1.54) is 11.1 Å².